The molecule has 8 heteroatoms. The number of hydrogen-bond donors (Lipinski definition) is 2. The van der Waals surface area contributed by atoms with Gasteiger partial charge in [-0.3, -0.25) is 9.79 Å². The van der Waals surface area contributed by atoms with Crippen molar-refractivity contribution in [2.45, 2.75) is 65.0 Å². The third kappa shape index (κ3) is 8.20. The summed E-state index contributed by atoms with van der Waals surface area (Å²) in [6.45, 7) is 6.07. The van der Waals surface area contributed by atoms with E-state index < -0.39 is 0 Å². The number of nitrogens with zero attached hydrogens (tertiary/aromatic N) is 3. The van der Waals surface area contributed by atoms with E-state index in [0.717, 1.165) is 36.0 Å². The summed E-state index contributed by atoms with van der Waals surface area (Å²) in [5.74, 6) is 0.933. The Bertz CT molecular complexity index is 572. The van der Waals surface area contributed by atoms with Crippen LogP contribution in [0.4, 0.5) is 0 Å². The van der Waals surface area contributed by atoms with Crippen molar-refractivity contribution < 1.29 is 4.79 Å². The molecule has 1 aromatic rings. The summed E-state index contributed by atoms with van der Waals surface area (Å²) in [7, 11) is 2.00. The number of hydrogen-bond acceptors (Lipinski definition) is 4. The average molecular weight is 493 g/mol. The van der Waals surface area contributed by atoms with E-state index >= 15 is 0 Å². The van der Waals surface area contributed by atoms with Crippen LogP contribution in [0.5, 0.6) is 0 Å². The van der Waals surface area contributed by atoms with Crippen LogP contribution in [0.2, 0.25) is 0 Å². The molecule has 0 bridgehead atoms. The molecule has 1 heterocycles. The number of rotatable bonds is 7. The van der Waals surface area contributed by atoms with Crippen molar-refractivity contribution in [2.24, 2.45) is 4.99 Å². The summed E-state index contributed by atoms with van der Waals surface area (Å²) in [5.41, 5.74) is 1.05. The van der Waals surface area contributed by atoms with Crippen LogP contribution in [-0.4, -0.2) is 47.9 Å². The molecule has 1 aliphatic carbocycles. The molecule has 1 aromatic heterocycles. The van der Waals surface area contributed by atoms with Crippen LogP contribution in [-0.2, 0) is 11.3 Å². The number of guanidine groups is 1. The van der Waals surface area contributed by atoms with Gasteiger partial charge >= 0.3 is 0 Å². The highest BCUT2D eigenvalue weighted by Crippen LogP contribution is 2.17. The molecule has 26 heavy (non-hydrogen) atoms. The Hall–Kier alpha value is -0.900. The highest BCUT2D eigenvalue weighted by Gasteiger charge is 2.15. The summed E-state index contributed by atoms with van der Waals surface area (Å²) in [4.78, 5) is 23.2. The monoisotopic (exact) mass is 493 g/mol. The highest BCUT2D eigenvalue weighted by molar-refractivity contribution is 14.0. The molecule has 148 valence electrons. The molecule has 2 rings (SSSR count). The van der Waals surface area contributed by atoms with Crippen LogP contribution in [0.25, 0.3) is 0 Å². The SMILES string of the molecule is CCNC(=NCCC(=O)NC1CCCCC1)N(C)Cc1csc(C)n1.I. The maximum atomic E-state index is 12.1. The quantitative estimate of drug-likeness (QED) is 0.348. The molecule has 1 amide bonds. The molecule has 0 saturated heterocycles. The first-order valence-electron chi connectivity index (χ1n) is 9.28. The number of nitrogens with one attached hydrogen (secondary N) is 2. The lowest BCUT2D eigenvalue weighted by molar-refractivity contribution is -0.121. The van der Waals surface area contributed by atoms with Crippen molar-refractivity contribution in [3.8, 4) is 0 Å². The minimum Gasteiger partial charge on any atom is -0.357 e. The largest absolute Gasteiger partial charge is 0.357 e. The lowest BCUT2D eigenvalue weighted by Crippen LogP contribution is -2.39. The lowest BCUT2D eigenvalue weighted by Gasteiger charge is -2.23. The number of carbonyl (C=O) groups is 1. The van der Waals surface area contributed by atoms with Crippen molar-refractivity contribution >= 4 is 47.2 Å². The number of carbonyl (C=O) groups excluding carboxylic acids is 1. The average Bonchev–Trinajstić information content (AvgIpc) is 2.99. The summed E-state index contributed by atoms with van der Waals surface area (Å²) < 4.78 is 0. The Labute approximate surface area is 178 Å². The van der Waals surface area contributed by atoms with E-state index in [1.165, 1.54) is 19.3 Å². The van der Waals surface area contributed by atoms with Crippen LogP contribution in [0.15, 0.2) is 10.4 Å². The Balaban J connectivity index is 0.00000338. The van der Waals surface area contributed by atoms with Gasteiger partial charge in [0.2, 0.25) is 5.91 Å². The van der Waals surface area contributed by atoms with Gasteiger partial charge in [0.1, 0.15) is 0 Å². The van der Waals surface area contributed by atoms with E-state index in [2.05, 4.69) is 30.9 Å². The van der Waals surface area contributed by atoms with Gasteiger partial charge in [-0.05, 0) is 26.7 Å². The Morgan fingerprint density at radius 3 is 2.73 bits per heavy atom. The van der Waals surface area contributed by atoms with E-state index in [0.29, 0.717) is 25.6 Å². The molecule has 1 saturated carbocycles. The molecule has 2 N–H and O–H groups in total. The first-order chi connectivity index (χ1) is 12.1. The first-order valence-corrected chi connectivity index (χ1v) is 10.2. The van der Waals surface area contributed by atoms with Gasteiger partial charge in [0.25, 0.3) is 0 Å². The fourth-order valence-corrected chi connectivity index (χ4v) is 3.68. The third-order valence-electron chi connectivity index (χ3n) is 4.33. The summed E-state index contributed by atoms with van der Waals surface area (Å²) in [6.07, 6.45) is 6.44. The van der Waals surface area contributed by atoms with Gasteiger partial charge in [-0.25, -0.2) is 4.98 Å². The second kappa shape index (κ2) is 12.5. The fraction of sp³-hybridized carbons (Fsp3) is 0.722. The normalized spacial score (nSPS) is 15.3. The van der Waals surface area contributed by atoms with E-state index in [-0.39, 0.29) is 29.9 Å². The van der Waals surface area contributed by atoms with Gasteiger partial charge in [-0.15, -0.1) is 35.3 Å². The van der Waals surface area contributed by atoms with Crippen molar-refractivity contribution in [3.63, 3.8) is 0 Å². The predicted octanol–water partition coefficient (Wildman–Crippen LogP) is 3.31. The van der Waals surface area contributed by atoms with Gasteiger partial charge in [-0.1, -0.05) is 19.3 Å². The van der Waals surface area contributed by atoms with E-state index in [1.54, 1.807) is 11.3 Å². The fourth-order valence-electron chi connectivity index (χ4n) is 3.08. The molecule has 0 aliphatic heterocycles. The molecular weight excluding hydrogens is 461 g/mol. The molecular formula is C18H32IN5OS. The Kier molecular flexibility index (Phi) is 11.1. The molecule has 6 nitrogen and oxygen atoms in total. The number of aromatic nitrogens is 1. The lowest BCUT2D eigenvalue weighted by atomic mass is 9.95. The van der Waals surface area contributed by atoms with E-state index in [9.17, 15) is 4.79 Å². The second-order valence-corrected chi connectivity index (χ2v) is 7.66. The maximum absolute atomic E-state index is 12.1. The van der Waals surface area contributed by atoms with Crippen molar-refractivity contribution in [3.05, 3.63) is 16.1 Å². The number of amides is 1. The van der Waals surface area contributed by atoms with Gasteiger partial charge in [0, 0.05) is 31.4 Å². The Morgan fingerprint density at radius 2 is 2.12 bits per heavy atom. The van der Waals surface area contributed by atoms with Gasteiger partial charge < -0.3 is 15.5 Å². The maximum Gasteiger partial charge on any atom is 0.222 e. The summed E-state index contributed by atoms with van der Waals surface area (Å²) in [6, 6.07) is 0.369. The standard InChI is InChI=1S/C18H31N5OS.HI/c1-4-19-18(23(3)12-16-13-25-14(2)21-16)20-11-10-17(24)22-15-8-6-5-7-9-15;/h13,15H,4-12H2,1-3H3,(H,19,20)(H,22,24);1H. The molecule has 0 radical (unpaired) electrons. The molecule has 0 spiro atoms. The zero-order chi connectivity index (χ0) is 18.1. The third-order valence-corrected chi connectivity index (χ3v) is 5.16. The highest BCUT2D eigenvalue weighted by atomic mass is 127. The molecule has 1 fully saturated rings. The zero-order valence-corrected chi connectivity index (χ0v) is 19.2. The van der Waals surface area contributed by atoms with Crippen LogP contribution in [0.3, 0.4) is 0 Å². The first kappa shape index (κ1) is 23.1. The minimum absolute atomic E-state index is 0. The van der Waals surface area contributed by atoms with Gasteiger partial charge in [0.05, 0.1) is 23.8 Å². The number of thiazole rings is 1. The smallest absolute Gasteiger partial charge is 0.222 e. The van der Waals surface area contributed by atoms with E-state index in [1.807, 2.05) is 20.9 Å². The van der Waals surface area contributed by atoms with Crippen LogP contribution in [0, 0.1) is 6.92 Å². The van der Waals surface area contributed by atoms with E-state index in [4.69, 9.17) is 0 Å². The van der Waals surface area contributed by atoms with Gasteiger partial charge in [0.15, 0.2) is 5.96 Å². The zero-order valence-electron chi connectivity index (χ0n) is 16.1. The van der Waals surface area contributed by atoms with Crippen LogP contribution >= 0.6 is 35.3 Å². The molecule has 0 atom stereocenters. The van der Waals surface area contributed by atoms with Gasteiger partial charge in [-0.2, -0.15) is 0 Å². The van der Waals surface area contributed by atoms with Crippen molar-refractivity contribution in [1.82, 2.24) is 20.5 Å². The number of halogens is 1. The molecule has 0 unspecified atom stereocenters. The minimum atomic E-state index is 0. The summed E-state index contributed by atoms with van der Waals surface area (Å²) >= 11 is 1.66. The van der Waals surface area contributed by atoms with Crippen molar-refractivity contribution in [1.29, 1.82) is 0 Å². The second-order valence-electron chi connectivity index (χ2n) is 6.60. The Morgan fingerprint density at radius 1 is 1.38 bits per heavy atom. The molecule has 0 aromatic carbocycles. The predicted molar refractivity (Wildman–Crippen MR) is 119 cm³/mol. The summed E-state index contributed by atoms with van der Waals surface area (Å²) in [5, 5.41) is 9.58. The topological polar surface area (TPSA) is 69.6 Å². The number of aryl methyl sites for hydroxylation is 1. The number of aliphatic imine (C=N–C) groups is 1. The molecule has 1 aliphatic rings. The van der Waals surface area contributed by atoms with Crippen LogP contribution in [0.1, 0.15) is 56.2 Å². The van der Waals surface area contributed by atoms with Crippen LogP contribution < -0.4 is 10.6 Å². The van der Waals surface area contributed by atoms with Crippen molar-refractivity contribution in [2.75, 3.05) is 20.1 Å².